The molecule has 3 rings (SSSR count). The van der Waals surface area contributed by atoms with Gasteiger partial charge in [0.25, 0.3) is 0 Å². The molecule has 0 N–H and O–H groups in total. The van der Waals surface area contributed by atoms with Crippen molar-refractivity contribution < 1.29 is 9.47 Å². The molecule has 3 aromatic carbocycles. The minimum absolute atomic E-state index is 0.465. The Bertz CT molecular complexity index is 767. The van der Waals surface area contributed by atoms with E-state index in [0.717, 1.165) is 27.6 Å². The zero-order valence-corrected chi connectivity index (χ0v) is 13.6. The molecule has 0 aliphatic heterocycles. The first kappa shape index (κ1) is 15.4. The summed E-state index contributed by atoms with van der Waals surface area (Å²) < 4.78 is 11.9. The maximum atomic E-state index is 6.00. The lowest BCUT2D eigenvalue weighted by Crippen LogP contribution is -1.99. The molecule has 0 atom stereocenters. The molecule has 3 aromatic rings. The second kappa shape index (κ2) is 7.21. The topological polar surface area (TPSA) is 18.5 Å². The van der Waals surface area contributed by atoms with Crippen LogP contribution in [-0.4, -0.2) is 0 Å². The summed E-state index contributed by atoms with van der Waals surface area (Å²) >= 11 is 5.91. The van der Waals surface area contributed by atoms with Crippen LogP contribution >= 0.6 is 11.6 Å². The molecule has 2 nitrogen and oxygen atoms in total. The molecular formula is C20H17ClO2. The van der Waals surface area contributed by atoms with Gasteiger partial charge in [0, 0.05) is 5.02 Å². The van der Waals surface area contributed by atoms with Crippen molar-refractivity contribution in [1.82, 2.24) is 0 Å². The fourth-order valence-corrected chi connectivity index (χ4v) is 2.37. The van der Waals surface area contributed by atoms with Crippen molar-refractivity contribution in [3.05, 3.63) is 88.9 Å². The molecule has 0 aliphatic carbocycles. The van der Waals surface area contributed by atoms with Crippen molar-refractivity contribution in [2.24, 2.45) is 0 Å². The van der Waals surface area contributed by atoms with Crippen LogP contribution in [0.2, 0.25) is 5.02 Å². The van der Waals surface area contributed by atoms with Gasteiger partial charge in [-0.2, -0.15) is 0 Å². The summed E-state index contributed by atoms with van der Waals surface area (Å²) in [4.78, 5) is 0. The number of aryl methyl sites for hydroxylation is 1. The zero-order chi connectivity index (χ0) is 16.1. The van der Waals surface area contributed by atoms with Gasteiger partial charge in [0.05, 0.1) is 0 Å². The van der Waals surface area contributed by atoms with E-state index < -0.39 is 0 Å². The summed E-state index contributed by atoms with van der Waals surface area (Å²) in [6.07, 6.45) is 0. The third kappa shape index (κ3) is 4.05. The van der Waals surface area contributed by atoms with E-state index in [1.807, 2.05) is 79.7 Å². The predicted octanol–water partition coefficient (Wildman–Crippen LogP) is 6.02. The average molecular weight is 325 g/mol. The van der Waals surface area contributed by atoms with Crippen LogP contribution in [0, 0.1) is 6.92 Å². The van der Waals surface area contributed by atoms with Crippen LogP contribution in [0.15, 0.2) is 72.8 Å². The molecule has 0 saturated heterocycles. The Balaban J connectivity index is 1.79. The Morgan fingerprint density at radius 1 is 0.826 bits per heavy atom. The van der Waals surface area contributed by atoms with Gasteiger partial charge in [0.15, 0.2) is 11.5 Å². The Morgan fingerprint density at radius 2 is 1.57 bits per heavy atom. The van der Waals surface area contributed by atoms with Crippen LogP contribution in [0.4, 0.5) is 0 Å². The van der Waals surface area contributed by atoms with E-state index in [0.29, 0.717) is 12.4 Å². The van der Waals surface area contributed by atoms with E-state index in [1.165, 1.54) is 0 Å². The lowest BCUT2D eigenvalue weighted by molar-refractivity contribution is 0.289. The van der Waals surface area contributed by atoms with Crippen molar-refractivity contribution in [1.29, 1.82) is 0 Å². The van der Waals surface area contributed by atoms with E-state index >= 15 is 0 Å². The van der Waals surface area contributed by atoms with Crippen LogP contribution in [-0.2, 0) is 6.61 Å². The highest BCUT2D eigenvalue weighted by molar-refractivity contribution is 6.30. The predicted molar refractivity (Wildman–Crippen MR) is 93.5 cm³/mol. The largest absolute Gasteiger partial charge is 0.485 e. The van der Waals surface area contributed by atoms with Crippen molar-refractivity contribution >= 4 is 11.6 Å². The molecule has 0 unspecified atom stereocenters. The summed E-state index contributed by atoms with van der Waals surface area (Å²) in [6, 6.07) is 23.2. The Hall–Kier alpha value is -2.45. The smallest absolute Gasteiger partial charge is 0.169 e. The van der Waals surface area contributed by atoms with Crippen LogP contribution in [0.5, 0.6) is 17.2 Å². The molecule has 0 amide bonds. The maximum Gasteiger partial charge on any atom is 0.169 e. The zero-order valence-electron chi connectivity index (χ0n) is 12.8. The van der Waals surface area contributed by atoms with E-state index in [2.05, 4.69) is 0 Å². The van der Waals surface area contributed by atoms with Crippen LogP contribution in [0.25, 0.3) is 0 Å². The van der Waals surface area contributed by atoms with Crippen LogP contribution in [0.3, 0.4) is 0 Å². The lowest BCUT2D eigenvalue weighted by atomic mass is 10.2. The summed E-state index contributed by atoms with van der Waals surface area (Å²) in [5.74, 6) is 2.26. The van der Waals surface area contributed by atoms with E-state index in [9.17, 15) is 0 Å². The molecule has 0 saturated carbocycles. The van der Waals surface area contributed by atoms with E-state index in [-0.39, 0.29) is 0 Å². The van der Waals surface area contributed by atoms with Crippen molar-refractivity contribution in [2.75, 3.05) is 0 Å². The fourth-order valence-electron chi connectivity index (χ4n) is 2.24. The standard InChI is InChI=1S/C20H17ClO2/c1-15-6-5-9-19(23-18-7-3-2-4-8-18)20(15)22-14-16-10-12-17(21)13-11-16/h2-13H,14H2,1H3. The SMILES string of the molecule is Cc1cccc(Oc2ccccc2)c1OCc1ccc(Cl)cc1. The normalized spacial score (nSPS) is 10.3. The summed E-state index contributed by atoms with van der Waals surface area (Å²) in [6.45, 7) is 2.47. The second-order valence-electron chi connectivity index (χ2n) is 5.23. The van der Waals surface area contributed by atoms with Gasteiger partial charge in [0.1, 0.15) is 12.4 Å². The first-order valence-corrected chi connectivity index (χ1v) is 7.80. The Kier molecular flexibility index (Phi) is 4.84. The molecule has 0 aromatic heterocycles. The van der Waals surface area contributed by atoms with E-state index in [4.69, 9.17) is 21.1 Å². The number of hydrogen-bond donors (Lipinski definition) is 0. The van der Waals surface area contributed by atoms with Gasteiger partial charge in [-0.1, -0.05) is 54.1 Å². The van der Waals surface area contributed by atoms with Crippen molar-refractivity contribution in [3.8, 4) is 17.2 Å². The molecular weight excluding hydrogens is 308 g/mol. The molecule has 0 radical (unpaired) electrons. The molecule has 23 heavy (non-hydrogen) atoms. The van der Waals surface area contributed by atoms with Gasteiger partial charge in [-0.05, 0) is 48.4 Å². The minimum Gasteiger partial charge on any atom is -0.485 e. The molecule has 0 aliphatic rings. The number of rotatable bonds is 5. The molecule has 0 heterocycles. The Labute approximate surface area is 141 Å². The summed E-state index contributed by atoms with van der Waals surface area (Å²) in [5, 5.41) is 0.720. The molecule has 0 fully saturated rings. The third-order valence-electron chi connectivity index (χ3n) is 3.44. The fraction of sp³-hybridized carbons (Fsp3) is 0.100. The molecule has 0 spiro atoms. The highest BCUT2D eigenvalue weighted by Crippen LogP contribution is 2.34. The third-order valence-corrected chi connectivity index (χ3v) is 3.70. The molecule has 0 bridgehead atoms. The van der Waals surface area contributed by atoms with Crippen molar-refractivity contribution in [2.45, 2.75) is 13.5 Å². The average Bonchev–Trinajstić information content (AvgIpc) is 2.57. The first-order valence-electron chi connectivity index (χ1n) is 7.42. The number of ether oxygens (including phenoxy) is 2. The maximum absolute atomic E-state index is 6.00. The monoisotopic (exact) mass is 324 g/mol. The number of para-hydroxylation sites is 2. The molecule has 116 valence electrons. The second-order valence-corrected chi connectivity index (χ2v) is 5.67. The van der Waals surface area contributed by atoms with Crippen LogP contribution in [0.1, 0.15) is 11.1 Å². The minimum atomic E-state index is 0.465. The Morgan fingerprint density at radius 3 is 2.30 bits per heavy atom. The van der Waals surface area contributed by atoms with Gasteiger partial charge in [-0.25, -0.2) is 0 Å². The highest BCUT2D eigenvalue weighted by Gasteiger charge is 2.09. The van der Waals surface area contributed by atoms with Gasteiger partial charge < -0.3 is 9.47 Å². The van der Waals surface area contributed by atoms with Gasteiger partial charge >= 0.3 is 0 Å². The lowest BCUT2D eigenvalue weighted by Gasteiger charge is -2.15. The van der Waals surface area contributed by atoms with Crippen LogP contribution < -0.4 is 9.47 Å². The van der Waals surface area contributed by atoms with E-state index in [1.54, 1.807) is 0 Å². The quantitative estimate of drug-likeness (QED) is 0.571. The highest BCUT2D eigenvalue weighted by atomic mass is 35.5. The number of hydrogen-bond acceptors (Lipinski definition) is 2. The van der Waals surface area contributed by atoms with Gasteiger partial charge in [-0.3, -0.25) is 0 Å². The summed E-state index contributed by atoms with van der Waals surface area (Å²) in [5.41, 5.74) is 2.09. The van der Waals surface area contributed by atoms with Crippen molar-refractivity contribution in [3.63, 3.8) is 0 Å². The first-order chi connectivity index (χ1) is 11.2. The summed E-state index contributed by atoms with van der Waals surface area (Å²) in [7, 11) is 0. The number of halogens is 1. The molecule has 3 heteroatoms. The van der Waals surface area contributed by atoms with Gasteiger partial charge in [-0.15, -0.1) is 0 Å². The number of benzene rings is 3. The van der Waals surface area contributed by atoms with Gasteiger partial charge in [0.2, 0.25) is 0 Å².